The minimum Gasteiger partial charge on any atom is -0.406 e. The number of aryl methyl sites for hydroxylation is 1. The molecule has 0 aromatic heterocycles. The van der Waals surface area contributed by atoms with Crippen LogP contribution in [0.5, 0.6) is 5.75 Å². The van der Waals surface area contributed by atoms with Gasteiger partial charge in [0.15, 0.2) is 0 Å². The third-order valence-corrected chi connectivity index (χ3v) is 5.32. The number of anilines is 2. The maximum Gasteiger partial charge on any atom is 0.573 e. The van der Waals surface area contributed by atoms with Gasteiger partial charge in [-0.3, -0.25) is 9.59 Å². The van der Waals surface area contributed by atoms with Crippen LogP contribution in [0, 0.1) is 6.92 Å². The molecule has 0 saturated heterocycles. The van der Waals surface area contributed by atoms with Gasteiger partial charge in [-0.05, 0) is 48.9 Å². The van der Waals surface area contributed by atoms with Gasteiger partial charge in [0.05, 0.1) is 4.90 Å². The van der Waals surface area contributed by atoms with E-state index in [1.54, 1.807) is 25.1 Å². The Kier molecular flexibility index (Phi) is 7.63. The lowest BCUT2D eigenvalue weighted by Crippen LogP contribution is -2.28. The maximum absolute atomic E-state index is 12.2. The summed E-state index contributed by atoms with van der Waals surface area (Å²) in [6, 6.07) is 8.62. The van der Waals surface area contributed by atoms with E-state index in [2.05, 4.69) is 20.1 Å². The molecule has 12 heteroatoms. The monoisotopic (exact) mass is 459 g/mol. The van der Waals surface area contributed by atoms with E-state index in [1.165, 1.54) is 6.92 Å². The third-order valence-electron chi connectivity index (χ3n) is 3.84. The highest BCUT2D eigenvalue weighted by Crippen LogP contribution is 2.24. The molecule has 0 spiro atoms. The lowest BCUT2D eigenvalue weighted by atomic mass is 10.1. The molecule has 0 radical (unpaired) electrons. The maximum atomic E-state index is 12.2. The summed E-state index contributed by atoms with van der Waals surface area (Å²) in [6.45, 7) is 2.86. The lowest BCUT2D eigenvalue weighted by molar-refractivity contribution is -0.274. The van der Waals surface area contributed by atoms with E-state index < -0.39 is 28.0 Å². The smallest absolute Gasteiger partial charge is 0.406 e. The number of amides is 2. The molecule has 2 aromatic rings. The Morgan fingerprint density at radius 2 is 1.68 bits per heavy atom. The van der Waals surface area contributed by atoms with Gasteiger partial charge in [-0.1, -0.05) is 6.07 Å². The molecule has 31 heavy (non-hydrogen) atoms. The van der Waals surface area contributed by atoms with E-state index >= 15 is 0 Å². The molecule has 2 amide bonds. The van der Waals surface area contributed by atoms with E-state index in [0.717, 1.165) is 29.8 Å². The topological polar surface area (TPSA) is 114 Å². The Morgan fingerprint density at radius 1 is 1.03 bits per heavy atom. The molecule has 0 aliphatic heterocycles. The van der Waals surface area contributed by atoms with Gasteiger partial charge in [0.2, 0.25) is 21.8 Å². The van der Waals surface area contributed by atoms with Crippen molar-refractivity contribution < 1.29 is 35.9 Å². The second-order valence-corrected chi connectivity index (χ2v) is 8.19. The number of benzene rings is 2. The molecule has 0 fully saturated rings. The molecule has 0 aliphatic carbocycles. The SMILES string of the molecule is CC(=O)Nc1ccc(C)c(NC(=O)CCNS(=O)(=O)c2ccc(OC(F)(F)F)cc2)c1. The van der Waals surface area contributed by atoms with Crippen molar-refractivity contribution in [3.8, 4) is 5.75 Å². The molecule has 3 N–H and O–H groups in total. The van der Waals surface area contributed by atoms with Gasteiger partial charge >= 0.3 is 6.36 Å². The highest BCUT2D eigenvalue weighted by Gasteiger charge is 2.31. The Balaban J connectivity index is 1.92. The molecule has 0 atom stereocenters. The highest BCUT2D eigenvalue weighted by molar-refractivity contribution is 7.89. The number of hydrogen-bond acceptors (Lipinski definition) is 5. The average molecular weight is 459 g/mol. The summed E-state index contributed by atoms with van der Waals surface area (Å²) in [5.41, 5.74) is 1.69. The van der Waals surface area contributed by atoms with Crippen LogP contribution >= 0.6 is 0 Å². The van der Waals surface area contributed by atoms with Crippen LogP contribution in [0.25, 0.3) is 0 Å². The van der Waals surface area contributed by atoms with Gasteiger partial charge in [0.25, 0.3) is 0 Å². The van der Waals surface area contributed by atoms with E-state index in [-0.39, 0.29) is 23.8 Å². The minimum atomic E-state index is -4.88. The van der Waals surface area contributed by atoms with Gasteiger partial charge in [-0.25, -0.2) is 13.1 Å². The van der Waals surface area contributed by atoms with Crippen molar-refractivity contribution in [1.82, 2.24) is 4.72 Å². The first-order chi connectivity index (χ1) is 14.4. The first-order valence-corrected chi connectivity index (χ1v) is 10.4. The van der Waals surface area contributed by atoms with Crippen LogP contribution in [0.4, 0.5) is 24.5 Å². The number of carbonyl (C=O) groups is 2. The zero-order chi connectivity index (χ0) is 23.2. The molecular formula is C19H20F3N3O5S. The van der Waals surface area contributed by atoms with Gasteiger partial charge in [0, 0.05) is 31.3 Å². The molecule has 2 rings (SSSR count). The summed E-state index contributed by atoms with van der Waals surface area (Å²) in [7, 11) is -4.03. The zero-order valence-corrected chi connectivity index (χ0v) is 17.4. The summed E-state index contributed by atoms with van der Waals surface area (Å²) in [5.74, 6) is -1.30. The summed E-state index contributed by atoms with van der Waals surface area (Å²) in [6.07, 6.45) is -5.08. The van der Waals surface area contributed by atoms with Crippen molar-refractivity contribution in [1.29, 1.82) is 0 Å². The second-order valence-electron chi connectivity index (χ2n) is 6.43. The molecule has 168 valence electrons. The summed E-state index contributed by atoms with van der Waals surface area (Å²) >= 11 is 0. The van der Waals surface area contributed by atoms with Crippen LogP contribution in [0.3, 0.4) is 0 Å². The van der Waals surface area contributed by atoms with Crippen molar-refractivity contribution in [2.24, 2.45) is 0 Å². The van der Waals surface area contributed by atoms with Crippen molar-refractivity contribution in [3.63, 3.8) is 0 Å². The second kappa shape index (κ2) is 9.79. The standard InChI is InChI=1S/C19H20F3N3O5S/c1-12-3-4-14(24-13(2)26)11-17(12)25-18(27)9-10-23-31(28,29)16-7-5-15(6-8-16)30-19(20,21)22/h3-8,11,23H,9-10H2,1-2H3,(H,24,26)(H,25,27). The fourth-order valence-electron chi connectivity index (χ4n) is 2.45. The van der Waals surface area contributed by atoms with Crippen molar-refractivity contribution in [2.45, 2.75) is 31.5 Å². The number of halogens is 3. The van der Waals surface area contributed by atoms with Crippen LogP contribution in [0.2, 0.25) is 0 Å². The molecule has 2 aromatic carbocycles. The molecule has 8 nitrogen and oxygen atoms in total. The summed E-state index contributed by atoms with van der Waals surface area (Å²) in [4.78, 5) is 23.0. The zero-order valence-electron chi connectivity index (χ0n) is 16.5. The first kappa shape index (κ1) is 24.2. The number of alkyl halides is 3. The number of nitrogens with one attached hydrogen (secondary N) is 3. The van der Waals surface area contributed by atoms with E-state index in [9.17, 15) is 31.2 Å². The van der Waals surface area contributed by atoms with Gasteiger partial charge < -0.3 is 15.4 Å². The van der Waals surface area contributed by atoms with Gasteiger partial charge in [-0.15, -0.1) is 13.2 Å². The molecule has 0 saturated carbocycles. The summed E-state index contributed by atoms with van der Waals surface area (Å²) in [5, 5.41) is 5.22. The number of ether oxygens (including phenoxy) is 1. The Morgan fingerprint density at radius 3 is 2.26 bits per heavy atom. The van der Waals surface area contributed by atoms with Gasteiger partial charge in [0.1, 0.15) is 5.75 Å². The molecular weight excluding hydrogens is 439 g/mol. The fourth-order valence-corrected chi connectivity index (χ4v) is 3.48. The molecule has 0 aliphatic rings. The van der Waals surface area contributed by atoms with E-state index in [0.29, 0.717) is 11.4 Å². The van der Waals surface area contributed by atoms with Crippen molar-refractivity contribution in [2.75, 3.05) is 17.2 Å². The highest BCUT2D eigenvalue weighted by atomic mass is 32.2. The fraction of sp³-hybridized carbons (Fsp3) is 0.263. The molecule has 0 bridgehead atoms. The van der Waals surface area contributed by atoms with Crippen molar-refractivity contribution >= 4 is 33.2 Å². The Bertz CT molecular complexity index is 1050. The number of rotatable bonds is 8. The van der Waals surface area contributed by atoms with Crippen LogP contribution in [0.15, 0.2) is 47.4 Å². The van der Waals surface area contributed by atoms with Crippen LogP contribution < -0.4 is 20.1 Å². The van der Waals surface area contributed by atoms with Crippen LogP contribution in [-0.2, 0) is 19.6 Å². The number of hydrogen-bond donors (Lipinski definition) is 3. The number of sulfonamides is 1. The average Bonchev–Trinajstić information content (AvgIpc) is 2.63. The normalized spacial score (nSPS) is 11.6. The lowest BCUT2D eigenvalue weighted by Gasteiger charge is -2.12. The Labute approximate surface area is 176 Å². The van der Waals surface area contributed by atoms with Gasteiger partial charge in [-0.2, -0.15) is 0 Å². The predicted octanol–water partition coefficient (Wildman–Crippen LogP) is 3.16. The molecule has 0 heterocycles. The third kappa shape index (κ3) is 7.90. The van der Waals surface area contributed by atoms with E-state index in [1.807, 2.05) is 0 Å². The minimum absolute atomic E-state index is 0.196. The largest absolute Gasteiger partial charge is 0.573 e. The summed E-state index contributed by atoms with van der Waals surface area (Å²) < 4.78 is 66.8. The van der Waals surface area contributed by atoms with Crippen molar-refractivity contribution in [3.05, 3.63) is 48.0 Å². The van der Waals surface area contributed by atoms with E-state index in [4.69, 9.17) is 0 Å². The number of carbonyl (C=O) groups excluding carboxylic acids is 2. The first-order valence-electron chi connectivity index (χ1n) is 8.89. The predicted molar refractivity (Wildman–Crippen MR) is 107 cm³/mol. The quantitative estimate of drug-likeness (QED) is 0.561. The Hall–Kier alpha value is -3.12. The van der Waals surface area contributed by atoms with Crippen LogP contribution in [-0.4, -0.2) is 33.1 Å². The molecule has 0 unspecified atom stereocenters. The van der Waals surface area contributed by atoms with Crippen LogP contribution in [0.1, 0.15) is 18.9 Å².